The van der Waals surface area contributed by atoms with E-state index in [0.717, 1.165) is 0 Å². The maximum Gasteiger partial charge on any atom is 0.330 e. The number of aromatic nitrogens is 2. The van der Waals surface area contributed by atoms with Gasteiger partial charge >= 0.3 is 5.69 Å². The van der Waals surface area contributed by atoms with Crippen LogP contribution in [0, 0.1) is 6.92 Å². The molecule has 2 aliphatic heterocycles. The van der Waals surface area contributed by atoms with Crippen LogP contribution < -0.4 is 11.2 Å². The molecule has 3 rings (SSSR count). The zero-order valence-corrected chi connectivity index (χ0v) is 11.6. The molecule has 1 aromatic heterocycles. The van der Waals surface area contributed by atoms with Crippen molar-refractivity contribution in [2.75, 3.05) is 13.2 Å². The van der Waals surface area contributed by atoms with Crippen molar-refractivity contribution in [1.82, 2.24) is 9.55 Å². The highest BCUT2D eigenvalue weighted by Gasteiger charge is 2.58. The van der Waals surface area contributed by atoms with Crippen LogP contribution in [0.2, 0.25) is 0 Å². The summed E-state index contributed by atoms with van der Waals surface area (Å²) in [4.78, 5) is 25.6. The Morgan fingerprint density at radius 1 is 1.52 bits per heavy atom. The normalized spacial score (nSPS) is 35.7. The molecule has 2 fully saturated rings. The monoisotopic (exact) mass is 298 g/mol. The molecule has 0 saturated carbocycles. The molecule has 0 aliphatic carbocycles. The Morgan fingerprint density at radius 3 is 3.00 bits per heavy atom. The van der Waals surface area contributed by atoms with E-state index in [0.29, 0.717) is 25.0 Å². The van der Waals surface area contributed by atoms with Crippen LogP contribution in [0.4, 0.5) is 0 Å². The number of aryl methyl sites for hydroxylation is 1. The van der Waals surface area contributed by atoms with Crippen molar-refractivity contribution in [2.24, 2.45) is 0 Å². The summed E-state index contributed by atoms with van der Waals surface area (Å²) in [6.45, 7) is 1.65. The molecule has 0 unspecified atom stereocenters. The Balaban J connectivity index is 2.05. The second-order valence-corrected chi connectivity index (χ2v) is 5.56. The summed E-state index contributed by atoms with van der Waals surface area (Å²) in [5.41, 5.74) is -2.08. The number of aliphatic hydroxyl groups excluding tert-OH is 1. The Kier molecular flexibility index (Phi) is 3.48. The highest BCUT2D eigenvalue weighted by molar-refractivity contribution is 5.08. The molecule has 4 atom stereocenters. The second kappa shape index (κ2) is 5.06. The van der Waals surface area contributed by atoms with Crippen molar-refractivity contribution in [3.05, 3.63) is 32.6 Å². The third kappa shape index (κ3) is 2.15. The Labute approximate surface area is 119 Å². The SMILES string of the molecule is Cc1cn([C@H]2O[C@H](CO)[C@]3(O)CCCO[C@@H]23)c(=O)[nH]c1=O. The van der Waals surface area contributed by atoms with Gasteiger partial charge in [-0.1, -0.05) is 0 Å². The number of ether oxygens (including phenoxy) is 2. The zero-order chi connectivity index (χ0) is 15.2. The topological polar surface area (TPSA) is 114 Å². The highest BCUT2D eigenvalue weighted by atomic mass is 16.6. The average Bonchev–Trinajstić information content (AvgIpc) is 2.75. The molecule has 116 valence electrons. The van der Waals surface area contributed by atoms with Crippen molar-refractivity contribution in [3.63, 3.8) is 0 Å². The predicted molar refractivity (Wildman–Crippen MR) is 71.0 cm³/mol. The molecule has 2 aliphatic rings. The molecule has 1 aromatic rings. The first kappa shape index (κ1) is 14.5. The van der Waals surface area contributed by atoms with E-state index in [1.807, 2.05) is 0 Å². The minimum Gasteiger partial charge on any atom is -0.394 e. The predicted octanol–water partition coefficient (Wildman–Crippen LogP) is -1.36. The van der Waals surface area contributed by atoms with Gasteiger partial charge in [0.1, 0.15) is 17.8 Å². The Bertz CT molecular complexity index is 653. The molecule has 8 nitrogen and oxygen atoms in total. The summed E-state index contributed by atoms with van der Waals surface area (Å²) in [6.07, 6.45) is -0.00612. The van der Waals surface area contributed by atoms with Gasteiger partial charge in [-0.2, -0.15) is 0 Å². The fourth-order valence-corrected chi connectivity index (χ4v) is 3.07. The third-order valence-electron chi connectivity index (χ3n) is 4.22. The molecular formula is C13H18N2O6. The number of aliphatic hydroxyl groups is 2. The lowest BCUT2D eigenvalue weighted by molar-refractivity contribution is -0.146. The molecule has 3 N–H and O–H groups in total. The van der Waals surface area contributed by atoms with Crippen LogP contribution in [0.3, 0.4) is 0 Å². The summed E-state index contributed by atoms with van der Waals surface area (Å²) < 4.78 is 12.4. The molecule has 0 spiro atoms. The maximum absolute atomic E-state index is 12.0. The lowest BCUT2D eigenvalue weighted by Crippen LogP contribution is -2.53. The van der Waals surface area contributed by atoms with E-state index in [-0.39, 0.29) is 6.61 Å². The number of hydrogen-bond acceptors (Lipinski definition) is 6. The minimum atomic E-state index is -1.33. The van der Waals surface area contributed by atoms with Gasteiger partial charge in [0.15, 0.2) is 6.23 Å². The summed E-state index contributed by atoms with van der Waals surface area (Å²) in [7, 11) is 0. The van der Waals surface area contributed by atoms with Gasteiger partial charge in [0.25, 0.3) is 5.56 Å². The van der Waals surface area contributed by atoms with Crippen LogP contribution in [0.15, 0.2) is 15.8 Å². The number of hydrogen-bond donors (Lipinski definition) is 3. The Morgan fingerprint density at radius 2 is 2.29 bits per heavy atom. The lowest BCUT2D eigenvalue weighted by atomic mass is 9.85. The van der Waals surface area contributed by atoms with E-state index in [9.17, 15) is 19.8 Å². The van der Waals surface area contributed by atoms with Gasteiger partial charge in [-0.15, -0.1) is 0 Å². The fraction of sp³-hybridized carbons (Fsp3) is 0.692. The smallest absolute Gasteiger partial charge is 0.330 e. The summed E-state index contributed by atoms with van der Waals surface area (Å²) in [5, 5.41) is 20.1. The van der Waals surface area contributed by atoms with Crippen molar-refractivity contribution in [3.8, 4) is 0 Å². The van der Waals surface area contributed by atoms with Crippen LogP contribution in [0.5, 0.6) is 0 Å². The molecule has 0 radical (unpaired) electrons. The molecule has 2 saturated heterocycles. The van der Waals surface area contributed by atoms with Crippen molar-refractivity contribution < 1.29 is 19.7 Å². The first-order valence-corrected chi connectivity index (χ1v) is 6.90. The quantitative estimate of drug-likeness (QED) is 0.622. The molecular weight excluding hydrogens is 280 g/mol. The Hall–Kier alpha value is -1.48. The molecule has 0 aromatic carbocycles. The lowest BCUT2D eigenvalue weighted by Gasteiger charge is -2.36. The van der Waals surface area contributed by atoms with Crippen LogP contribution in [0.25, 0.3) is 0 Å². The first-order valence-electron chi connectivity index (χ1n) is 6.90. The van der Waals surface area contributed by atoms with Crippen LogP contribution in [0.1, 0.15) is 24.6 Å². The van der Waals surface area contributed by atoms with Gasteiger partial charge in [-0.25, -0.2) is 4.79 Å². The van der Waals surface area contributed by atoms with Gasteiger partial charge in [0, 0.05) is 18.4 Å². The number of aromatic amines is 1. The molecule has 3 heterocycles. The summed E-state index contributed by atoms with van der Waals surface area (Å²) >= 11 is 0. The standard InChI is InChI=1S/C13H18N2O6/c1-7-5-15(12(18)14-10(7)17)11-9-13(19,3-2-4-20-9)8(6-16)21-11/h5,8-9,11,16,19H,2-4,6H2,1H3,(H,14,17,18)/t8-,9+,11+,13-/m1/s1. The summed E-state index contributed by atoms with van der Waals surface area (Å²) in [6, 6.07) is 0. The highest BCUT2D eigenvalue weighted by Crippen LogP contribution is 2.43. The number of H-pyrrole nitrogens is 1. The number of nitrogens with zero attached hydrogens (tertiary/aromatic N) is 1. The van der Waals surface area contributed by atoms with Crippen LogP contribution in [-0.4, -0.2) is 50.8 Å². The zero-order valence-electron chi connectivity index (χ0n) is 11.6. The van der Waals surface area contributed by atoms with Crippen molar-refractivity contribution in [1.29, 1.82) is 0 Å². The van der Waals surface area contributed by atoms with Gasteiger partial charge in [-0.3, -0.25) is 14.3 Å². The molecule has 8 heteroatoms. The largest absolute Gasteiger partial charge is 0.394 e. The van der Waals surface area contributed by atoms with Crippen LogP contribution in [-0.2, 0) is 9.47 Å². The number of nitrogens with one attached hydrogen (secondary N) is 1. The van der Waals surface area contributed by atoms with E-state index < -0.39 is 35.3 Å². The maximum atomic E-state index is 12.0. The van der Waals surface area contributed by atoms with E-state index in [1.165, 1.54) is 10.8 Å². The average molecular weight is 298 g/mol. The van der Waals surface area contributed by atoms with Crippen molar-refractivity contribution >= 4 is 0 Å². The van der Waals surface area contributed by atoms with E-state index in [2.05, 4.69) is 4.98 Å². The van der Waals surface area contributed by atoms with Gasteiger partial charge in [0.2, 0.25) is 0 Å². The molecule has 0 amide bonds. The molecule has 0 bridgehead atoms. The van der Waals surface area contributed by atoms with Gasteiger partial charge in [0.05, 0.1) is 6.61 Å². The van der Waals surface area contributed by atoms with Crippen molar-refractivity contribution in [2.45, 2.75) is 43.8 Å². The van der Waals surface area contributed by atoms with E-state index in [1.54, 1.807) is 6.92 Å². The first-order chi connectivity index (χ1) is 9.97. The van der Waals surface area contributed by atoms with E-state index >= 15 is 0 Å². The number of fused-ring (bicyclic) bond motifs is 1. The fourth-order valence-electron chi connectivity index (χ4n) is 3.07. The van der Waals surface area contributed by atoms with E-state index in [4.69, 9.17) is 9.47 Å². The van der Waals surface area contributed by atoms with Gasteiger partial charge < -0.3 is 19.7 Å². The number of rotatable bonds is 2. The third-order valence-corrected chi connectivity index (χ3v) is 4.22. The minimum absolute atomic E-state index is 0.352. The molecule has 21 heavy (non-hydrogen) atoms. The van der Waals surface area contributed by atoms with Gasteiger partial charge in [-0.05, 0) is 19.8 Å². The van der Waals surface area contributed by atoms with Crippen LogP contribution >= 0.6 is 0 Å². The second-order valence-electron chi connectivity index (χ2n) is 5.56. The summed E-state index contributed by atoms with van der Waals surface area (Å²) in [5.74, 6) is 0.